The van der Waals surface area contributed by atoms with Crippen molar-refractivity contribution in [3.8, 4) is 16.9 Å². The summed E-state index contributed by atoms with van der Waals surface area (Å²) in [6.07, 6.45) is 3.48. The lowest BCUT2D eigenvalue weighted by atomic mass is 10.1. The van der Waals surface area contributed by atoms with E-state index >= 15 is 0 Å². The Morgan fingerprint density at radius 3 is 2.39 bits per heavy atom. The van der Waals surface area contributed by atoms with Crippen molar-refractivity contribution in [1.82, 2.24) is 19.6 Å². The Kier molecular flexibility index (Phi) is 7.16. The minimum atomic E-state index is -0.371. The first kappa shape index (κ1) is 23.8. The first-order chi connectivity index (χ1) is 17.5. The molecular weight excluding hydrogens is 542 g/mol. The van der Waals surface area contributed by atoms with Gasteiger partial charge >= 0.3 is 0 Å². The monoisotopic (exact) mass is 561 g/mol. The number of benzene rings is 3. The molecule has 9 heteroatoms. The maximum Gasteiger partial charge on any atom is 0.277 e. The van der Waals surface area contributed by atoms with Crippen molar-refractivity contribution < 1.29 is 9.53 Å². The van der Waals surface area contributed by atoms with Gasteiger partial charge in [-0.15, -0.1) is 0 Å². The number of aromatic nitrogens is 4. The minimum absolute atomic E-state index is 0.175. The summed E-state index contributed by atoms with van der Waals surface area (Å²) in [5.41, 5.74) is 3.44. The van der Waals surface area contributed by atoms with Crippen LogP contribution in [0.1, 0.15) is 16.1 Å². The van der Waals surface area contributed by atoms with Crippen LogP contribution < -0.4 is 10.1 Å². The Balaban J connectivity index is 1.18. The number of amides is 1. The number of nitrogens with one attached hydrogen (secondary N) is 1. The maximum absolute atomic E-state index is 12.7. The summed E-state index contributed by atoms with van der Waals surface area (Å²) >= 11 is 9.69. The van der Waals surface area contributed by atoms with Crippen LogP contribution in [0.4, 0.5) is 5.82 Å². The van der Waals surface area contributed by atoms with Crippen LogP contribution in [0.25, 0.3) is 11.1 Å². The zero-order valence-corrected chi connectivity index (χ0v) is 21.4. The van der Waals surface area contributed by atoms with E-state index in [0.29, 0.717) is 27.6 Å². The minimum Gasteiger partial charge on any atom is -0.471 e. The van der Waals surface area contributed by atoms with E-state index in [-0.39, 0.29) is 18.3 Å². The van der Waals surface area contributed by atoms with E-state index in [4.69, 9.17) is 16.3 Å². The molecular formula is C27H21BrClN5O2. The molecule has 0 unspecified atom stereocenters. The highest BCUT2D eigenvalue weighted by Gasteiger charge is 2.15. The fourth-order valence-corrected chi connectivity index (χ4v) is 4.22. The third-order valence-corrected chi connectivity index (χ3v) is 6.39. The molecule has 36 heavy (non-hydrogen) atoms. The van der Waals surface area contributed by atoms with Crippen LogP contribution in [0, 0.1) is 0 Å². The quantitative estimate of drug-likeness (QED) is 0.234. The summed E-state index contributed by atoms with van der Waals surface area (Å²) in [6, 6.07) is 27.2. The molecule has 0 aliphatic carbocycles. The Labute approximate surface area is 221 Å². The van der Waals surface area contributed by atoms with E-state index in [2.05, 4.69) is 43.6 Å². The summed E-state index contributed by atoms with van der Waals surface area (Å²) in [4.78, 5) is 12.7. The molecule has 0 bridgehead atoms. The zero-order chi connectivity index (χ0) is 24.9. The summed E-state index contributed by atoms with van der Waals surface area (Å²) in [5.74, 6) is 0.741. The van der Waals surface area contributed by atoms with E-state index in [1.807, 2.05) is 66.7 Å². The number of halogens is 2. The van der Waals surface area contributed by atoms with Gasteiger partial charge < -0.3 is 10.1 Å². The van der Waals surface area contributed by atoms with Gasteiger partial charge in [-0.1, -0.05) is 72.3 Å². The average molecular weight is 563 g/mol. The topological polar surface area (TPSA) is 74.0 Å². The van der Waals surface area contributed by atoms with Crippen molar-refractivity contribution in [3.63, 3.8) is 0 Å². The average Bonchev–Trinajstić information content (AvgIpc) is 3.51. The summed E-state index contributed by atoms with van der Waals surface area (Å²) in [6.45, 7) is 0.653. The SMILES string of the molecule is O=C(Nc1nn(Cc2ccccc2Cl)cc1Br)c1ccn(COc2ccc(-c3ccccc3)cc2)n1. The summed E-state index contributed by atoms with van der Waals surface area (Å²) in [5, 5.41) is 12.2. The number of ether oxygens (including phenoxy) is 1. The van der Waals surface area contributed by atoms with Gasteiger partial charge in [0.2, 0.25) is 0 Å². The maximum atomic E-state index is 12.7. The molecule has 0 fully saturated rings. The van der Waals surface area contributed by atoms with Crippen molar-refractivity contribution in [1.29, 1.82) is 0 Å². The smallest absolute Gasteiger partial charge is 0.277 e. The highest BCUT2D eigenvalue weighted by molar-refractivity contribution is 9.10. The van der Waals surface area contributed by atoms with E-state index in [0.717, 1.165) is 16.7 Å². The molecule has 0 saturated carbocycles. The lowest BCUT2D eigenvalue weighted by Gasteiger charge is -2.07. The van der Waals surface area contributed by atoms with E-state index in [1.54, 1.807) is 27.8 Å². The highest BCUT2D eigenvalue weighted by atomic mass is 79.9. The van der Waals surface area contributed by atoms with Crippen LogP contribution in [0.15, 0.2) is 102 Å². The van der Waals surface area contributed by atoms with Crippen molar-refractivity contribution in [3.05, 3.63) is 118 Å². The lowest BCUT2D eigenvalue weighted by Crippen LogP contribution is -2.15. The molecule has 0 atom stereocenters. The molecule has 0 spiro atoms. The van der Waals surface area contributed by atoms with Crippen molar-refractivity contribution in [2.75, 3.05) is 5.32 Å². The number of rotatable bonds is 8. The molecule has 5 rings (SSSR count). The summed E-state index contributed by atoms with van der Waals surface area (Å²) in [7, 11) is 0. The molecule has 2 heterocycles. The zero-order valence-electron chi connectivity index (χ0n) is 19.0. The molecule has 1 amide bonds. The first-order valence-electron chi connectivity index (χ1n) is 11.1. The molecule has 180 valence electrons. The second-order valence-electron chi connectivity index (χ2n) is 7.97. The highest BCUT2D eigenvalue weighted by Crippen LogP contribution is 2.24. The normalized spacial score (nSPS) is 10.8. The Hall–Kier alpha value is -3.88. The van der Waals surface area contributed by atoms with Gasteiger partial charge in [0, 0.05) is 17.4 Å². The van der Waals surface area contributed by atoms with Gasteiger partial charge in [0.1, 0.15) is 5.75 Å². The molecule has 7 nitrogen and oxygen atoms in total. The van der Waals surface area contributed by atoms with Crippen LogP contribution in [0.2, 0.25) is 5.02 Å². The van der Waals surface area contributed by atoms with Gasteiger partial charge in [-0.25, -0.2) is 4.68 Å². The lowest BCUT2D eigenvalue weighted by molar-refractivity contribution is 0.101. The van der Waals surface area contributed by atoms with Gasteiger partial charge in [0.25, 0.3) is 5.91 Å². The van der Waals surface area contributed by atoms with Crippen LogP contribution in [-0.4, -0.2) is 25.5 Å². The number of carbonyl (C=O) groups is 1. The van der Waals surface area contributed by atoms with Gasteiger partial charge in [-0.05, 0) is 56.9 Å². The number of nitrogens with zero attached hydrogens (tertiary/aromatic N) is 4. The molecule has 1 N–H and O–H groups in total. The van der Waals surface area contributed by atoms with Crippen molar-refractivity contribution in [2.45, 2.75) is 13.3 Å². The molecule has 0 saturated heterocycles. The van der Waals surface area contributed by atoms with Crippen LogP contribution in [0.5, 0.6) is 5.75 Å². The predicted molar refractivity (Wildman–Crippen MR) is 143 cm³/mol. The van der Waals surface area contributed by atoms with Crippen molar-refractivity contribution in [2.24, 2.45) is 0 Å². The van der Waals surface area contributed by atoms with Gasteiger partial charge in [-0.3, -0.25) is 9.48 Å². The molecule has 5 aromatic rings. The van der Waals surface area contributed by atoms with Crippen molar-refractivity contribution >= 4 is 39.3 Å². The van der Waals surface area contributed by atoms with Crippen LogP contribution >= 0.6 is 27.5 Å². The molecule has 2 aromatic heterocycles. The number of hydrogen-bond donors (Lipinski definition) is 1. The third kappa shape index (κ3) is 5.67. The Morgan fingerprint density at radius 1 is 0.889 bits per heavy atom. The number of anilines is 1. The van der Waals surface area contributed by atoms with Crippen LogP contribution in [0.3, 0.4) is 0 Å². The fraction of sp³-hybridized carbons (Fsp3) is 0.0741. The number of hydrogen-bond acceptors (Lipinski definition) is 4. The Bertz CT molecular complexity index is 1480. The second kappa shape index (κ2) is 10.8. The van der Waals surface area contributed by atoms with E-state index in [1.165, 1.54) is 0 Å². The second-order valence-corrected chi connectivity index (χ2v) is 9.23. The van der Waals surface area contributed by atoms with E-state index < -0.39 is 0 Å². The Morgan fingerprint density at radius 2 is 1.61 bits per heavy atom. The standard InChI is InChI=1S/C27H21BrClN5O2/c28-23-17-34(16-21-8-4-5-9-24(21)29)32-26(23)30-27(35)25-14-15-33(31-25)18-36-22-12-10-20(11-13-22)19-6-2-1-3-7-19/h1-15,17H,16,18H2,(H,30,32,35). The van der Waals surface area contributed by atoms with E-state index in [9.17, 15) is 4.79 Å². The van der Waals surface area contributed by atoms with Gasteiger partial charge in [-0.2, -0.15) is 10.2 Å². The largest absolute Gasteiger partial charge is 0.471 e. The number of carbonyl (C=O) groups excluding carboxylic acids is 1. The molecule has 0 radical (unpaired) electrons. The van der Waals surface area contributed by atoms with Gasteiger partial charge in [0.05, 0.1) is 11.0 Å². The predicted octanol–water partition coefficient (Wildman–Crippen LogP) is 6.50. The first-order valence-corrected chi connectivity index (χ1v) is 12.3. The fourth-order valence-electron chi connectivity index (χ4n) is 3.61. The van der Waals surface area contributed by atoms with Gasteiger partial charge in [0.15, 0.2) is 18.2 Å². The third-order valence-electron chi connectivity index (χ3n) is 5.44. The molecule has 0 aliphatic rings. The summed E-state index contributed by atoms with van der Waals surface area (Å²) < 4.78 is 9.74. The molecule has 3 aromatic carbocycles. The van der Waals surface area contributed by atoms with Crippen LogP contribution in [-0.2, 0) is 13.3 Å². The molecule has 0 aliphatic heterocycles.